The number of carbonyl (C=O) groups is 1. The number of ether oxygens (including phenoxy) is 1. The monoisotopic (exact) mass is 495 g/mol. The van der Waals surface area contributed by atoms with Crippen LogP contribution in [0.25, 0.3) is 0 Å². The third-order valence-electron chi connectivity index (χ3n) is 6.23. The van der Waals surface area contributed by atoms with E-state index in [1.54, 1.807) is 6.07 Å². The Morgan fingerprint density at radius 1 is 1.29 bits per heavy atom. The van der Waals surface area contributed by atoms with Crippen LogP contribution in [0.1, 0.15) is 64.9 Å². The number of rotatable bonds is 14. The second kappa shape index (κ2) is 14.6. The number of hydrogen-bond donors (Lipinski definition) is 2. The minimum absolute atomic E-state index is 0.0795. The Labute approximate surface area is 208 Å². The number of nitrogens with zero attached hydrogens (tertiary/aromatic N) is 1. The molecule has 2 rings (SSSR count). The Bertz CT molecular complexity index is 857. The van der Waals surface area contributed by atoms with Gasteiger partial charge in [-0.25, -0.2) is 4.39 Å². The zero-order valence-electron chi connectivity index (χ0n) is 20.6. The van der Waals surface area contributed by atoms with Crippen molar-refractivity contribution in [2.75, 3.05) is 19.7 Å². The van der Waals surface area contributed by atoms with Crippen LogP contribution in [-0.4, -0.2) is 59.0 Å². The number of hydrogen-bond acceptors (Lipinski definition) is 4. The van der Waals surface area contributed by atoms with E-state index >= 15 is 0 Å². The van der Waals surface area contributed by atoms with Gasteiger partial charge >= 0.3 is 5.97 Å². The SMILES string of the molecule is CC/C=C(CCC(=O)O)\C(=C/CC)[C@@H](C)OCC(O)CN1CCC[C@H]1Cc1ccc(Cl)c(F)c1. The van der Waals surface area contributed by atoms with Crippen molar-refractivity contribution in [1.29, 1.82) is 0 Å². The molecule has 0 saturated carbocycles. The number of carboxylic acids is 1. The first-order chi connectivity index (χ1) is 16.2. The standard InChI is InChI=1S/C27H39ClFNO4/c1-4-7-21(11-13-27(32)33)24(8-5-2)19(3)34-18-23(31)17-30-14-6-9-22(30)15-20-10-12-25(28)26(29)16-20/h7-8,10,12,16,19,22-23,31H,4-6,9,11,13-15,17-18H2,1-3H3,(H,32,33)/b21-7-,24-8-/t19-,22+,23?/m1/s1. The summed E-state index contributed by atoms with van der Waals surface area (Å²) < 4.78 is 19.9. The summed E-state index contributed by atoms with van der Waals surface area (Å²) in [5.74, 6) is -1.22. The second-order valence-electron chi connectivity index (χ2n) is 8.97. The molecule has 3 atom stereocenters. The van der Waals surface area contributed by atoms with Crippen LogP contribution in [0.4, 0.5) is 4.39 Å². The van der Waals surface area contributed by atoms with Crippen LogP contribution in [-0.2, 0) is 16.0 Å². The molecule has 1 unspecified atom stereocenters. The predicted octanol–water partition coefficient (Wildman–Crippen LogP) is 5.79. The van der Waals surface area contributed by atoms with Crippen LogP contribution in [0.2, 0.25) is 5.02 Å². The molecule has 2 N–H and O–H groups in total. The van der Waals surface area contributed by atoms with Gasteiger partial charge in [-0.2, -0.15) is 0 Å². The molecule has 1 aromatic rings. The van der Waals surface area contributed by atoms with Gasteiger partial charge in [-0.1, -0.05) is 43.7 Å². The van der Waals surface area contributed by atoms with Crippen LogP contribution >= 0.6 is 11.6 Å². The third kappa shape index (κ3) is 9.14. The molecular formula is C27H39ClFNO4. The molecule has 1 aromatic carbocycles. The highest BCUT2D eigenvalue weighted by molar-refractivity contribution is 6.30. The van der Waals surface area contributed by atoms with Crippen molar-refractivity contribution in [2.24, 2.45) is 0 Å². The van der Waals surface area contributed by atoms with E-state index < -0.39 is 17.9 Å². The number of aliphatic hydroxyl groups excluding tert-OH is 1. The van der Waals surface area contributed by atoms with E-state index in [0.717, 1.165) is 55.4 Å². The van der Waals surface area contributed by atoms with Gasteiger partial charge in [-0.3, -0.25) is 9.69 Å². The Morgan fingerprint density at radius 3 is 2.68 bits per heavy atom. The molecule has 1 aliphatic rings. The Morgan fingerprint density at radius 2 is 2.03 bits per heavy atom. The fourth-order valence-corrected chi connectivity index (χ4v) is 4.72. The van der Waals surface area contributed by atoms with Crippen molar-refractivity contribution < 1.29 is 24.1 Å². The lowest BCUT2D eigenvalue weighted by atomic mass is 9.95. The number of aliphatic hydroxyl groups is 1. The molecule has 0 spiro atoms. The quantitative estimate of drug-likeness (QED) is 0.320. The van der Waals surface area contributed by atoms with Gasteiger partial charge in [0.25, 0.3) is 0 Å². The Kier molecular flexibility index (Phi) is 12.3. The third-order valence-corrected chi connectivity index (χ3v) is 6.54. The summed E-state index contributed by atoms with van der Waals surface area (Å²) in [6, 6.07) is 5.19. The highest BCUT2D eigenvalue weighted by atomic mass is 35.5. The zero-order valence-corrected chi connectivity index (χ0v) is 21.4. The van der Waals surface area contributed by atoms with E-state index in [1.807, 2.05) is 26.8 Å². The maximum atomic E-state index is 13.8. The number of likely N-dealkylation sites (tertiary alicyclic amines) is 1. The van der Waals surface area contributed by atoms with E-state index in [4.69, 9.17) is 21.4 Å². The molecule has 0 bridgehead atoms. The molecule has 34 heavy (non-hydrogen) atoms. The van der Waals surface area contributed by atoms with Gasteiger partial charge < -0.3 is 14.9 Å². The van der Waals surface area contributed by atoms with Crippen molar-refractivity contribution in [1.82, 2.24) is 4.90 Å². The Hall–Kier alpha value is -1.73. The first-order valence-corrected chi connectivity index (χ1v) is 12.7. The first kappa shape index (κ1) is 28.5. The summed E-state index contributed by atoms with van der Waals surface area (Å²) >= 11 is 5.80. The van der Waals surface area contributed by atoms with E-state index in [9.17, 15) is 14.3 Å². The van der Waals surface area contributed by atoms with Crippen molar-refractivity contribution in [3.05, 3.63) is 57.9 Å². The van der Waals surface area contributed by atoms with Gasteiger partial charge in [0.1, 0.15) is 5.82 Å². The van der Waals surface area contributed by atoms with Gasteiger partial charge in [0, 0.05) is 19.0 Å². The summed E-state index contributed by atoms with van der Waals surface area (Å²) in [7, 11) is 0. The van der Waals surface area contributed by atoms with Crippen molar-refractivity contribution in [3.63, 3.8) is 0 Å². The van der Waals surface area contributed by atoms with E-state index in [1.165, 1.54) is 6.07 Å². The summed E-state index contributed by atoms with van der Waals surface area (Å²) in [6.45, 7) is 7.61. The molecule has 5 nitrogen and oxygen atoms in total. The zero-order chi connectivity index (χ0) is 25.1. The minimum Gasteiger partial charge on any atom is -0.481 e. The minimum atomic E-state index is -0.816. The number of allylic oxidation sites excluding steroid dienone is 2. The molecule has 1 heterocycles. The number of aliphatic carboxylic acids is 1. The second-order valence-corrected chi connectivity index (χ2v) is 9.38. The fourth-order valence-electron chi connectivity index (χ4n) is 4.60. The fraction of sp³-hybridized carbons (Fsp3) is 0.593. The lowest BCUT2D eigenvalue weighted by Gasteiger charge is -2.28. The number of β-amino-alcohol motifs (C(OH)–C–C–N with tert-alkyl or cyclic N) is 1. The smallest absolute Gasteiger partial charge is 0.303 e. The largest absolute Gasteiger partial charge is 0.481 e. The van der Waals surface area contributed by atoms with Crippen LogP contribution < -0.4 is 0 Å². The van der Waals surface area contributed by atoms with Crippen LogP contribution in [0.5, 0.6) is 0 Å². The lowest BCUT2D eigenvalue weighted by Crippen LogP contribution is -2.39. The average molecular weight is 496 g/mol. The summed E-state index contributed by atoms with van der Waals surface area (Å²) in [6.07, 6.45) is 8.21. The molecule has 0 radical (unpaired) electrons. The maximum absolute atomic E-state index is 13.8. The normalized spacial score (nSPS) is 19.4. The topological polar surface area (TPSA) is 70.0 Å². The van der Waals surface area contributed by atoms with Crippen LogP contribution in [0.3, 0.4) is 0 Å². The Balaban J connectivity index is 1.92. The van der Waals surface area contributed by atoms with E-state index in [-0.39, 0.29) is 30.2 Å². The number of halogens is 2. The molecule has 0 amide bonds. The predicted molar refractivity (Wildman–Crippen MR) is 135 cm³/mol. The number of benzene rings is 1. The van der Waals surface area contributed by atoms with Crippen molar-refractivity contribution in [2.45, 2.75) is 84.0 Å². The van der Waals surface area contributed by atoms with Gasteiger partial charge in [0.05, 0.1) is 23.8 Å². The lowest BCUT2D eigenvalue weighted by molar-refractivity contribution is -0.136. The summed E-state index contributed by atoms with van der Waals surface area (Å²) in [5.41, 5.74) is 2.91. The molecule has 0 aliphatic carbocycles. The molecule has 190 valence electrons. The van der Waals surface area contributed by atoms with Crippen LogP contribution in [0, 0.1) is 5.82 Å². The van der Waals surface area contributed by atoms with Crippen molar-refractivity contribution in [3.8, 4) is 0 Å². The van der Waals surface area contributed by atoms with Gasteiger partial charge in [-0.05, 0) is 80.8 Å². The highest BCUT2D eigenvalue weighted by Gasteiger charge is 2.27. The van der Waals surface area contributed by atoms with Gasteiger partial charge in [-0.15, -0.1) is 0 Å². The molecule has 1 saturated heterocycles. The molecule has 0 aromatic heterocycles. The van der Waals surface area contributed by atoms with Crippen LogP contribution in [0.15, 0.2) is 41.5 Å². The molecule has 1 aliphatic heterocycles. The highest BCUT2D eigenvalue weighted by Crippen LogP contribution is 2.25. The molecular weight excluding hydrogens is 457 g/mol. The van der Waals surface area contributed by atoms with Gasteiger partial charge in [0.2, 0.25) is 0 Å². The maximum Gasteiger partial charge on any atom is 0.303 e. The van der Waals surface area contributed by atoms with Gasteiger partial charge in [0.15, 0.2) is 0 Å². The van der Waals surface area contributed by atoms with E-state index in [0.29, 0.717) is 13.0 Å². The summed E-state index contributed by atoms with van der Waals surface area (Å²) in [4.78, 5) is 13.3. The number of carboxylic acid groups (broad SMARTS) is 1. The van der Waals surface area contributed by atoms with E-state index in [2.05, 4.69) is 17.1 Å². The van der Waals surface area contributed by atoms with Crippen molar-refractivity contribution >= 4 is 17.6 Å². The first-order valence-electron chi connectivity index (χ1n) is 12.3. The molecule has 1 fully saturated rings. The summed E-state index contributed by atoms with van der Waals surface area (Å²) in [5, 5.41) is 19.9. The molecule has 7 heteroatoms. The average Bonchev–Trinajstić information content (AvgIpc) is 3.22.